The Morgan fingerprint density at radius 1 is 0.935 bits per heavy atom. The summed E-state index contributed by atoms with van der Waals surface area (Å²) in [5.74, 6) is 0.831. The van der Waals surface area contributed by atoms with Crippen LogP contribution in [-0.4, -0.2) is 40.1 Å². The van der Waals surface area contributed by atoms with Gasteiger partial charge in [-0.3, -0.25) is 0 Å². The number of fused-ring (bicyclic) bond motifs is 2. The van der Waals surface area contributed by atoms with Gasteiger partial charge in [-0.25, -0.2) is 9.50 Å². The lowest BCUT2D eigenvalue weighted by Crippen LogP contribution is -2.13. The summed E-state index contributed by atoms with van der Waals surface area (Å²) in [5.41, 5.74) is 6.48. The molecule has 0 aliphatic rings. The highest BCUT2D eigenvalue weighted by Crippen LogP contribution is 2.25. The number of rotatable bonds is 7. The largest absolute Gasteiger partial charge is 0.464 e. The van der Waals surface area contributed by atoms with Crippen LogP contribution in [0, 0.1) is 0 Å². The van der Waals surface area contributed by atoms with Crippen LogP contribution in [0.15, 0.2) is 77.4 Å². The first-order chi connectivity index (χ1) is 15.2. The first-order valence-electron chi connectivity index (χ1n) is 10.7. The van der Waals surface area contributed by atoms with E-state index in [1.165, 1.54) is 17.5 Å². The molecule has 0 unspecified atom stereocenters. The Morgan fingerprint density at radius 2 is 1.77 bits per heavy atom. The number of aromatic nitrogens is 3. The van der Waals surface area contributed by atoms with Crippen molar-refractivity contribution in [3.8, 4) is 11.3 Å². The van der Waals surface area contributed by atoms with Crippen molar-refractivity contribution < 1.29 is 4.42 Å². The maximum absolute atomic E-state index is 5.47. The monoisotopic (exact) mass is 410 g/mol. The van der Waals surface area contributed by atoms with E-state index in [1.807, 2.05) is 28.8 Å². The van der Waals surface area contributed by atoms with Crippen molar-refractivity contribution in [1.82, 2.24) is 19.5 Å². The molecule has 0 N–H and O–H groups in total. The zero-order chi connectivity index (χ0) is 21.2. The molecule has 0 atom stereocenters. The predicted octanol–water partition coefficient (Wildman–Crippen LogP) is 5.23. The number of benzene rings is 2. The molecular weight excluding hydrogens is 384 g/mol. The smallest absolute Gasteiger partial charge is 0.156 e. The average Bonchev–Trinajstić information content (AvgIpc) is 3.40. The molecule has 5 nitrogen and oxygen atoms in total. The van der Waals surface area contributed by atoms with E-state index in [2.05, 4.69) is 61.5 Å². The molecule has 0 aliphatic carbocycles. The van der Waals surface area contributed by atoms with E-state index < -0.39 is 0 Å². The number of furan rings is 1. The molecule has 3 aromatic heterocycles. The zero-order valence-corrected chi connectivity index (χ0v) is 18.0. The molecule has 5 aromatic rings. The van der Waals surface area contributed by atoms with Gasteiger partial charge in [-0.1, -0.05) is 30.3 Å². The van der Waals surface area contributed by atoms with Crippen molar-refractivity contribution in [2.24, 2.45) is 0 Å². The fraction of sp³-hybridized carbons (Fsp3) is 0.231. The molecule has 0 fully saturated rings. The van der Waals surface area contributed by atoms with Gasteiger partial charge in [0.1, 0.15) is 5.58 Å². The number of pyridine rings is 1. The minimum atomic E-state index is 0.722. The van der Waals surface area contributed by atoms with E-state index in [9.17, 15) is 0 Å². The topological polar surface area (TPSA) is 46.6 Å². The summed E-state index contributed by atoms with van der Waals surface area (Å²) in [6, 6.07) is 23.1. The van der Waals surface area contributed by atoms with Crippen molar-refractivity contribution in [2.75, 3.05) is 20.6 Å². The Bertz CT molecular complexity index is 1310. The summed E-state index contributed by atoms with van der Waals surface area (Å²) < 4.78 is 7.41. The normalized spacial score (nSPS) is 11.7. The quantitative estimate of drug-likeness (QED) is 0.369. The average molecular weight is 411 g/mol. The van der Waals surface area contributed by atoms with Crippen molar-refractivity contribution in [3.63, 3.8) is 0 Å². The highest BCUT2D eigenvalue weighted by Gasteiger charge is 2.11. The molecule has 2 aromatic carbocycles. The van der Waals surface area contributed by atoms with Gasteiger partial charge in [-0.2, -0.15) is 5.10 Å². The number of aryl methyl sites for hydroxylation is 1. The first-order valence-corrected chi connectivity index (χ1v) is 10.7. The summed E-state index contributed by atoms with van der Waals surface area (Å²) in [6.45, 7) is 1.11. The van der Waals surface area contributed by atoms with E-state index >= 15 is 0 Å². The molecular formula is C26H26N4O. The fourth-order valence-corrected chi connectivity index (χ4v) is 3.97. The van der Waals surface area contributed by atoms with Crippen LogP contribution < -0.4 is 0 Å². The number of hydrogen-bond acceptors (Lipinski definition) is 4. The minimum Gasteiger partial charge on any atom is -0.464 e. The second-order valence-corrected chi connectivity index (χ2v) is 8.28. The molecule has 0 radical (unpaired) electrons. The van der Waals surface area contributed by atoms with E-state index in [0.717, 1.165) is 53.1 Å². The highest BCUT2D eigenvalue weighted by molar-refractivity contribution is 5.83. The second-order valence-electron chi connectivity index (χ2n) is 8.28. The Kier molecular flexibility index (Phi) is 5.26. The van der Waals surface area contributed by atoms with Crippen molar-refractivity contribution in [1.29, 1.82) is 0 Å². The third-order valence-corrected chi connectivity index (χ3v) is 5.61. The maximum atomic E-state index is 5.47. The van der Waals surface area contributed by atoms with Gasteiger partial charge in [-0.15, -0.1) is 0 Å². The molecule has 31 heavy (non-hydrogen) atoms. The SMILES string of the molecule is CN(C)CCCc1ccc(Cc2nc3cccc(-c4ccc5occc5c4)n3n2)cc1. The molecule has 3 heterocycles. The predicted molar refractivity (Wildman–Crippen MR) is 124 cm³/mol. The summed E-state index contributed by atoms with van der Waals surface area (Å²) in [6.07, 6.45) is 4.72. The van der Waals surface area contributed by atoms with Gasteiger partial charge in [0.15, 0.2) is 11.5 Å². The molecule has 0 amide bonds. The van der Waals surface area contributed by atoms with Gasteiger partial charge in [0.2, 0.25) is 0 Å². The molecule has 5 heteroatoms. The van der Waals surface area contributed by atoms with Crippen LogP contribution in [0.4, 0.5) is 0 Å². The Balaban J connectivity index is 1.37. The van der Waals surface area contributed by atoms with Gasteiger partial charge in [-0.05, 0) is 81.0 Å². The molecule has 5 rings (SSSR count). The van der Waals surface area contributed by atoms with Gasteiger partial charge >= 0.3 is 0 Å². The van der Waals surface area contributed by atoms with Crippen molar-refractivity contribution in [2.45, 2.75) is 19.3 Å². The Morgan fingerprint density at radius 3 is 2.61 bits per heavy atom. The lowest BCUT2D eigenvalue weighted by Gasteiger charge is -2.09. The molecule has 0 bridgehead atoms. The Labute approximate surface area is 181 Å². The molecule has 0 saturated carbocycles. The summed E-state index contributed by atoms with van der Waals surface area (Å²) in [5, 5.41) is 5.90. The van der Waals surface area contributed by atoms with Crippen LogP contribution in [0.5, 0.6) is 0 Å². The van der Waals surface area contributed by atoms with E-state index in [-0.39, 0.29) is 0 Å². The number of hydrogen-bond donors (Lipinski definition) is 0. The summed E-state index contributed by atoms with van der Waals surface area (Å²) in [7, 11) is 4.23. The zero-order valence-electron chi connectivity index (χ0n) is 18.0. The molecule has 0 saturated heterocycles. The molecule has 0 aliphatic heterocycles. The van der Waals surface area contributed by atoms with Crippen molar-refractivity contribution in [3.05, 3.63) is 89.9 Å². The van der Waals surface area contributed by atoms with Gasteiger partial charge in [0, 0.05) is 17.4 Å². The maximum Gasteiger partial charge on any atom is 0.156 e. The van der Waals surface area contributed by atoms with E-state index in [4.69, 9.17) is 14.5 Å². The first kappa shape index (κ1) is 19.5. The van der Waals surface area contributed by atoms with Crippen LogP contribution in [-0.2, 0) is 12.8 Å². The molecule has 156 valence electrons. The fourth-order valence-electron chi connectivity index (χ4n) is 3.97. The summed E-state index contributed by atoms with van der Waals surface area (Å²) >= 11 is 0. The summed E-state index contributed by atoms with van der Waals surface area (Å²) in [4.78, 5) is 6.99. The Hall–Kier alpha value is -3.44. The van der Waals surface area contributed by atoms with Crippen LogP contribution in [0.2, 0.25) is 0 Å². The van der Waals surface area contributed by atoms with Gasteiger partial charge in [0.25, 0.3) is 0 Å². The van der Waals surface area contributed by atoms with Crippen LogP contribution in [0.1, 0.15) is 23.4 Å². The van der Waals surface area contributed by atoms with Crippen LogP contribution in [0.3, 0.4) is 0 Å². The third kappa shape index (κ3) is 4.23. The standard InChI is InChI=1S/C26H26N4O/c1-29(2)15-4-5-19-8-10-20(11-9-19)17-25-27-26-7-3-6-23(30(26)28-25)21-12-13-24-22(18-21)14-16-31-24/h3,6-14,16,18H,4-5,15,17H2,1-2H3. The van der Waals surface area contributed by atoms with Crippen LogP contribution >= 0.6 is 0 Å². The van der Waals surface area contributed by atoms with E-state index in [0.29, 0.717) is 0 Å². The van der Waals surface area contributed by atoms with Gasteiger partial charge in [0.05, 0.1) is 12.0 Å². The highest BCUT2D eigenvalue weighted by atomic mass is 16.3. The second kappa shape index (κ2) is 8.36. The lowest BCUT2D eigenvalue weighted by atomic mass is 10.1. The van der Waals surface area contributed by atoms with Crippen LogP contribution in [0.25, 0.3) is 27.9 Å². The lowest BCUT2D eigenvalue weighted by molar-refractivity contribution is 0.400. The van der Waals surface area contributed by atoms with Gasteiger partial charge < -0.3 is 9.32 Å². The minimum absolute atomic E-state index is 0.722. The molecule has 0 spiro atoms. The third-order valence-electron chi connectivity index (χ3n) is 5.61. The number of nitrogens with zero attached hydrogens (tertiary/aromatic N) is 4. The van der Waals surface area contributed by atoms with E-state index in [1.54, 1.807) is 6.26 Å². The van der Waals surface area contributed by atoms with Crippen molar-refractivity contribution >= 4 is 16.6 Å².